The molecule has 1 fully saturated rings. The van der Waals surface area contributed by atoms with Gasteiger partial charge in [-0.15, -0.1) is 0 Å². The van der Waals surface area contributed by atoms with Gasteiger partial charge in [-0.2, -0.15) is 5.09 Å². The molecule has 1 aliphatic rings. The second-order valence-corrected chi connectivity index (χ2v) is 11.3. The Morgan fingerprint density at radius 1 is 1.31 bits per heavy atom. The molecule has 2 unspecified atom stereocenters. The van der Waals surface area contributed by atoms with Crippen molar-refractivity contribution in [2.45, 2.75) is 63.9 Å². The minimum absolute atomic E-state index is 0.102. The predicted octanol–water partition coefficient (Wildman–Crippen LogP) is 4.40. The molecule has 6 atom stereocenters. The van der Waals surface area contributed by atoms with Gasteiger partial charge in [0.05, 0.1) is 12.7 Å². The molecule has 0 saturated carbocycles. The number of aliphatic hydroxyl groups is 1. The van der Waals surface area contributed by atoms with E-state index in [1.165, 1.54) is 30.7 Å². The second kappa shape index (κ2) is 11.6. The molecule has 1 aliphatic heterocycles. The van der Waals surface area contributed by atoms with Crippen LogP contribution in [0, 0.1) is 9.41 Å². The van der Waals surface area contributed by atoms with E-state index in [1.807, 2.05) is 0 Å². The molecule has 14 heteroatoms. The van der Waals surface area contributed by atoms with Crippen LogP contribution < -0.4 is 9.61 Å². The summed E-state index contributed by atoms with van der Waals surface area (Å²) >= 11 is 10.2. The van der Waals surface area contributed by atoms with E-state index in [4.69, 9.17) is 43.0 Å². The minimum atomic E-state index is -4.26. The molecule has 1 aromatic heterocycles. The zero-order valence-corrected chi connectivity index (χ0v) is 22.6. The van der Waals surface area contributed by atoms with E-state index in [1.54, 1.807) is 44.2 Å². The zero-order chi connectivity index (χ0) is 26.7. The van der Waals surface area contributed by atoms with E-state index in [9.17, 15) is 14.5 Å². The fourth-order valence-corrected chi connectivity index (χ4v) is 5.49. The molecule has 0 spiro atoms. The number of aromatic nitrogens is 2. The van der Waals surface area contributed by atoms with Crippen LogP contribution >= 0.6 is 32.2 Å². The highest BCUT2D eigenvalue weighted by molar-refractivity contribution is 7.72. The Bertz CT molecular complexity index is 1230. The number of nitrogens with one attached hydrogen (secondary N) is 2. The normalized spacial score (nSPS) is 26.4. The Hall–Kier alpha value is -1.99. The van der Waals surface area contributed by atoms with Gasteiger partial charge < -0.3 is 24.1 Å². The average Bonchev–Trinajstić information content (AvgIpc) is 3.02. The first-order valence-corrected chi connectivity index (χ1v) is 13.5. The Balaban J connectivity index is 1.81. The van der Waals surface area contributed by atoms with Gasteiger partial charge in [-0.25, -0.2) is 8.96 Å². The Morgan fingerprint density at radius 2 is 1.97 bits per heavy atom. The van der Waals surface area contributed by atoms with Crippen LogP contribution in [0.4, 0.5) is 4.39 Å². The molecule has 0 amide bonds. The van der Waals surface area contributed by atoms with Gasteiger partial charge in [0.25, 0.3) is 0 Å². The van der Waals surface area contributed by atoms with Crippen molar-refractivity contribution in [1.82, 2.24) is 14.6 Å². The standard InChI is InChI=1S/C22H29FN3O7PS2/c1-13(2)31-20(28)14(3)25-34(29,33-15-8-6-5-7-9-15)30-12-22(4)18(27)17(23)19(32-22)26-11-10-16(35)24-21(26)36/h5-11,13-14,17-19,27H,12H2,1-4H3,(H,25,29)(H,24,35,36)/t14-,17-,18?,19+,22+,34?/m0/s1. The maximum absolute atomic E-state index is 15.1. The van der Waals surface area contributed by atoms with Crippen LogP contribution in [0.25, 0.3) is 0 Å². The summed E-state index contributed by atoms with van der Waals surface area (Å²) in [5.74, 6) is -0.476. The lowest BCUT2D eigenvalue weighted by Crippen LogP contribution is -2.44. The number of hydrogen-bond donors (Lipinski definition) is 3. The van der Waals surface area contributed by atoms with Crippen molar-refractivity contribution in [3.05, 3.63) is 52.0 Å². The highest BCUT2D eigenvalue weighted by atomic mass is 32.1. The first-order valence-electron chi connectivity index (χ1n) is 11.1. The number of carbonyl (C=O) groups is 1. The van der Waals surface area contributed by atoms with Gasteiger partial charge in [-0.05, 0) is 58.1 Å². The molecule has 1 aromatic carbocycles. The predicted molar refractivity (Wildman–Crippen MR) is 134 cm³/mol. The lowest BCUT2D eigenvalue weighted by molar-refractivity contribution is -0.149. The number of aliphatic hydroxyl groups excluding tert-OH is 1. The fraction of sp³-hybridized carbons (Fsp3) is 0.500. The van der Waals surface area contributed by atoms with Crippen LogP contribution in [0.5, 0.6) is 5.75 Å². The van der Waals surface area contributed by atoms with E-state index >= 15 is 4.39 Å². The van der Waals surface area contributed by atoms with E-state index < -0.39 is 56.6 Å². The summed E-state index contributed by atoms with van der Waals surface area (Å²) in [5, 5.41) is 13.2. The third-order valence-electron chi connectivity index (χ3n) is 5.26. The van der Waals surface area contributed by atoms with Crippen molar-refractivity contribution in [2.75, 3.05) is 6.61 Å². The smallest absolute Gasteiger partial charge is 0.459 e. The number of ether oxygens (including phenoxy) is 2. The molecule has 3 N–H and O–H groups in total. The number of alkyl halides is 1. The highest BCUT2D eigenvalue weighted by Crippen LogP contribution is 2.48. The molecule has 0 radical (unpaired) electrons. The highest BCUT2D eigenvalue weighted by Gasteiger charge is 2.54. The molecule has 0 aliphatic carbocycles. The number of aromatic amines is 1. The molecular weight excluding hydrogens is 532 g/mol. The van der Waals surface area contributed by atoms with E-state index in [2.05, 4.69) is 10.1 Å². The number of nitrogens with zero attached hydrogens (tertiary/aromatic N) is 1. The molecular formula is C22H29FN3O7PS2. The van der Waals surface area contributed by atoms with Crippen molar-refractivity contribution in [2.24, 2.45) is 0 Å². The SMILES string of the molecule is CC(C)OC(=O)[C@H](C)NP(=O)(OC[C@@]1(C)O[C@@H](n2ccc(=S)[nH]c2=S)[C@@H](F)C1O)Oc1ccccc1. The lowest BCUT2D eigenvalue weighted by Gasteiger charge is -2.30. The fourth-order valence-electron chi connectivity index (χ4n) is 3.41. The molecule has 1 saturated heterocycles. The van der Waals surface area contributed by atoms with Gasteiger partial charge >= 0.3 is 13.7 Å². The molecule has 36 heavy (non-hydrogen) atoms. The van der Waals surface area contributed by atoms with Crippen LogP contribution in [0.3, 0.4) is 0 Å². The third kappa shape index (κ3) is 6.86. The van der Waals surface area contributed by atoms with Crippen LogP contribution in [0.1, 0.15) is 33.9 Å². The Morgan fingerprint density at radius 3 is 2.58 bits per heavy atom. The summed E-state index contributed by atoms with van der Waals surface area (Å²) in [6, 6.07) is 8.59. The molecule has 0 bridgehead atoms. The van der Waals surface area contributed by atoms with Crippen molar-refractivity contribution in [3.63, 3.8) is 0 Å². The van der Waals surface area contributed by atoms with Gasteiger partial charge in [0, 0.05) is 6.20 Å². The van der Waals surface area contributed by atoms with Crippen molar-refractivity contribution >= 4 is 38.2 Å². The van der Waals surface area contributed by atoms with E-state index in [-0.39, 0.29) is 10.5 Å². The van der Waals surface area contributed by atoms with E-state index in [0.29, 0.717) is 4.64 Å². The third-order valence-corrected chi connectivity index (χ3v) is 7.44. The summed E-state index contributed by atoms with van der Waals surface area (Å²) in [6.07, 6.45) is -3.80. The monoisotopic (exact) mass is 561 g/mol. The zero-order valence-electron chi connectivity index (χ0n) is 20.1. The molecule has 3 rings (SSSR count). The summed E-state index contributed by atoms with van der Waals surface area (Å²) in [5.41, 5.74) is -1.65. The molecule has 2 aromatic rings. The molecule has 2 heterocycles. The maximum Gasteiger partial charge on any atom is 0.459 e. The first-order chi connectivity index (χ1) is 16.8. The van der Waals surface area contributed by atoms with Gasteiger partial charge in [0.15, 0.2) is 17.2 Å². The Kier molecular flexibility index (Phi) is 9.20. The van der Waals surface area contributed by atoms with Gasteiger partial charge in [-0.1, -0.05) is 30.4 Å². The quantitative estimate of drug-likeness (QED) is 0.219. The number of H-pyrrole nitrogens is 1. The summed E-state index contributed by atoms with van der Waals surface area (Å²) in [6.45, 7) is 5.65. The number of carbonyl (C=O) groups excluding carboxylic acids is 1. The summed E-state index contributed by atoms with van der Waals surface area (Å²) in [4.78, 5) is 15.0. The van der Waals surface area contributed by atoms with Crippen molar-refractivity contribution in [1.29, 1.82) is 0 Å². The summed E-state index contributed by atoms with van der Waals surface area (Å²) in [7, 11) is -4.26. The maximum atomic E-state index is 15.1. The first kappa shape index (κ1) is 28.6. The van der Waals surface area contributed by atoms with E-state index in [0.717, 1.165) is 0 Å². The van der Waals surface area contributed by atoms with Crippen LogP contribution in [-0.4, -0.2) is 57.3 Å². The van der Waals surface area contributed by atoms with Crippen molar-refractivity contribution in [3.8, 4) is 5.75 Å². The van der Waals surface area contributed by atoms with Crippen molar-refractivity contribution < 1.29 is 37.4 Å². The number of rotatable bonds is 10. The average molecular weight is 562 g/mol. The lowest BCUT2D eigenvalue weighted by atomic mass is 9.99. The number of benzene rings is 1. The number of para-hydroxylation sites is 1. The topological polar surface area (TPSA) is 124 Å². The van der Waals surface area contributed by atoms with Gasteiger partial charge in [-0.3, -0.25) is 13.9 Å². The van der Waals surface area contributed by atoms with Gasteiger partial charge in [0.2, 0.25) is 0 Å². The minimum Gasteiger partial charge on any atom is -0.462 e. The van der Waals surface area contributed by atoms with Gasteiger partial charge in [0.1, 0.15) is 28.1 Å². The Labute approximate surface area is 218 Å². The van der Waals surface area contributed by atoms with Crippen LogP contribution in [0.15, 0.2) is 42.6 Å². The summed E-state index contributed by atoms with van der Waals surface area (Å²) < 4.78 is 52.7. The largest absolute Gasteiger partial charge is 0.462 e. The van der Waals surface area contributed by atoms with Crippen LogP contribution in [0.2, 0.25) is 0 Å². The number of halogens is 1. The molecule has 10 nitrogen and oxygen atoms in total. The molecule has 198 valence electrons. The number of esters is 1. The number of hydrogen-bond acceptors (Lipinski definition) is 9. The van der Waals surface area contributed by atoms with Crippen LogP contribution in [-0.2, 0) is 23.4 Å². The second-order valence-electron chi connectivity index (χ2n) is 8.74.